The highest BCUT2D eigenvalue weighted by Crippen LogP contribution is 2.26. The van der Waals surface area contributed by atoms with E-state index in [4.69, 9.17) is 16.3 Å². The molecule has 0 bridgehead atoms. The lowest BCUT2D eigenvalue weighted by molar-refractivity contribution is 0.453. The third kappa shape index (κ3) is 4.14. The molecule has 19 heavy (non-hydrogen) atoms. The van der Waals surface area contributed by atoms with Crippen LogP contribution in [-0.4, -0.2) is 9.97 Å². The van der Waals surface area contributed by atoms with Crippen molar-refractivity contribution < 1.29 is 9.13 Å². The number of benzene rings is 1. The third-order valence-corrected chi connectivity index (χ3v) is 2.90. The molecular weight excluding hydrogens is 335 g/mol. The van der Waals surface area contributed by atoms with E-state index < -0.39 is 5.82 Å². The van der Waals surface area contributed by atoms with Crippen LogP contribution in [0.25, 0.3) is 0 Å². The highest BCUT2D eigenvalue weighted by Gasteiger charge is 2.07. The number of rotatable bonds is 4. The lowest BCUT2D eigenvalue weighted by Crippen LogP contribution is -1.97. The zero-order valence-corrected chi connectivity index (χ0v) is 12.5. The minimum Gasteiger partial charge on any atom is -0.439 e. The molecule has 2 rings (SSSR count). The fourth-order valence-electron chi connectivity index (χ4n) is 1.54. The van der Waals surface area contributed by atoms with E-state index in [0.29, 0.717) is 33.5 Å². The summed E-state index contributed by atoms with van der Waals surface area (Å²) in [6.45, 7) is 2.02. The average Bonchev–Trinajstić information content (AvgIpc) is 2.26. The van der Waals surface area contributed by atoms with Crippen LogP contribution >= 0.6 is 27.5 Å². The number of hydrogen-bond donors (Lipinski definition) is 0. The first-order chi connectivity index (χ1) is 9.06. The molecule has 0 unspecified atom stereocenters. The van der Waals surface area contributed by atoms with E-state index in [0.717, 1.165) is 6.42 Å². The van der Waals surface area contributed by atoms with Crippen LogP contribution in [0.1, 0.15) is 19.2 Å². The molecular formula is C13H11BrClFN2O. The summed E-state index contributed by atoms with van der Waals surface area (Å²) in [6, 6.07) is 5.78. The summed E-state index contributed by atoms with van der Waals surface area (Å²) < 4.78 is 19.3. The van der Waals surface area contributed by atoms with Gasteiger partial charge in [-0.2, -0.15) is 4.98 Å². The summed E-state index contributed by atoms with van der Waals surface area (Å²) in [5, 5.41) is 0.309. The maximum absolute atomic E-state index is 13.2. The molecule has 0 atom stereocenters. The fraction of sp³-hybridized carbons (Fsp3) is 0.231. The van der Waals surface area contributed by atoms with Crippen LogP contribution in [0.5, 0.6) is 11.6 Å². The first-order valence-corrected chi connectivity index (χ1v) is 6.91. The van der Waals surface area contributed by atoms with Gasteiger partial charge in [-0.05, 0) is 18.6 Å². The fourth-order valence-corrected chi connectivity index (χ4v) is 2.17. The number of nitrogens with zero attached hydrogens (tertiary/aromatic N) is 2. The summed E-state index contributed by atoms with van der Waals surface area (Å²) in [6.07, 6.45) is 1.62. The normalized spacial score (nSPS) is 10.5. The Hall–Kier alpha value is -1.20. The minimum atomic E-state index is -0.390. The van der Waals surface area contributed by atoms with Crippen molar-refractivity contribution >= 4 is 27.5 Å². The third-order valence-electron chi connectivity index (χ3n) is 2.25. The zero-order chi connectivity index (χ0) is 13.8. The van der Waals surface area contributed by atoms with E-state index in [1.807, 2.05) is 6.92 Å². The molecule has 1 heterocycles. The topological polar surface area (TPSA) is 35.0 Å². The van der Waals surface area contributed by atoms with E-state index in [-0.39, 0.29) is 0 Å². The van der Waals surface area contributed by atoms with Gasteiger partial charge in [0.1, 0.15) is 22.5 Å². The highest BCUT2D eigenvalue weighted by molar-refractivity contribution is 9.10. The molecule has 0 saturated heterocycles. The maximum Gasteiger partial charge on any atom is 0.224 e. The van der Waals surface area contributed by atoms with Crippen LogP contribution in [0.4, 0.5) is 4.39 Å². The zero-order valence-electron chi connectivity index (χ0n) is 10.2. The summed E-state index contributed by atoms with van der Waals surface area (Å²) in [5.41, 5.74) is 0. The van der Waals surface area contributed by atoms with Crippen molar-refractivity contribution in [3.05, 3.63) is 45.5 Å². The smallest absolute Gasteiger partial charge is 0.224 e. The predicted octanol–water partition coefficient (Wildman–Crippen LogP) is 4.78. The largest absolute Gasteiger partial charge is 0.439 e. The Morgan fingerprint density at radius 1 is 1.26 bits per heavy atom. The maximum atomic E-state index is 13.2. The van der Waals surface area contributed by atoms with Gasteiger partial charge >= 0.3 is 0 Å². The second-order valence-corrected chi connectivity index (χ2v) is 5.21. The van der Waals surface area contributed by atoms with Crippen molar-refractivity contribution in [2.24, 2.45) is 0 Å². The summed E-state index contributed by atoms with van der Waals surface area (Å²) >= 11 is 9.10. The molecule has 0 amide bonds. The number of halogens is 3. The van der Waals surface area contributed by atoms with Gasteiger partial charge in [0, 0.05) is 23.0 Å². The number of aryl methyl sites for hydroxylation is 1. The van der Waals surface area contributed by atoms with Crippen LogP contribution in [0.15, 0.2) is 28.7 Å². The van der Waals surface area contributed by atoms with Crippen molar-refractivity contribution in [1.82, 2.24) is 9.97 Å². The van der Waals surface area contributed by atoms with E-state index in [2.05, 4.69) is 25.9 Å². The number of aromatic nitrogens is 2. The summed E-state index contributed by atoms with van der Waals surface area (Å²) in [4.78, 5) is 8.31. The van der Waals surface area contributed by atoms with Gasteiger partial charge in [0.15, 0.2) is 0 Å². The molecule has 3 nitrogen and oxygen atoms in total. The molecule has 0 N–H and O–H groups in total. The van der Waals surface area contributed by atoms with Crippen molar-refractivity contribution in [1.29, 1.82) is 0 Å². The van der Waals surface area contributed by atoms with Gasteiger partial charge in [0.2, 0.25) is 5.88 Å². The number of ether oxygens (including phenoxy) is 1. The molecule has 0 radical (unpaired) electrons. The SMILES string of the molecule is CCCc1nc(Cl)cc(Oc2cc(F)cc(Br)c2)n1. The number of hydrogen-bond acceptors (Lipinski definition) is 3. The van der Waals surface area contributed by atoms with Gasteiger partial charge in [-0.3, -0.25) is 0 Å². The van der Waals surface area contributed by atoms with Crippen LogP contribution in [0, 0.1) is 5.82 Å². The minimum absolute atomic E-state index is 0.306. The Balaban J connectivity index is 2.27. The second kappa shape index (κ2) is 6.30. The van der Waals surface area contributed by atoms with Gasteiger partial charge in [0.05, 0.1) is 0 Å². The Morgan fingerprint density at radius 2 is 2.05 bits per heavy atom. The molecule has 0 aliphatic carbocycles. The highest BCUT2D eigenvalue weighted by atomic mass is 79.9. The first kappa shape index (κ1) is 14.2. The molecule has 6 heteroatoms. The van der Waals surface area contributed by atoms with Crippen LogP contribution < -0.4 is 4.74 Å². The molecule has 0 aliphatic rings. The van der Waals surface area contributed by atoms with Gasteiger partial charge in [0.25, 0.3) is 0 Å². The lowest BCUT2D eigenvalue weighted by Gasteiger charge is -2.07. The first-order valence-electron chi connectivity index (χ1n) is 5.74. The lowest BCUT2D eigenvalue weighted by atomic mass is 10.3. The summed E-state index contributed by atoms with van der Waals surface area (Å²) in [7, 11) is 0. The molecule has 100 valence electrons. The summed E-state index contributed by atoms with van der Waals surface area (Å²) in [5.74, 6) is 0.879. The van der Waals surface area contributed by atoms with Crippen LogP contribution in [-0.2, 0) is 6.42 Å². The molecule has 0 aliphatic heterocycles. The Labute approximate surface area is 123 Å². The molecule has 0 spiro atoms. The van der Waals surface area contributed by atoms with Gasteiger partial charge in [-0.1, -0.05) is 34.5 Å². The van der Waals surface area contributed by atoms with E-state index in [9.17, 15) is 4.39 Å². The average molecular weight is 346 g/mol. The molecule has 1 aromatic carbocycles. The van der Waals surface area contributed by atoms with E-state index >= 15 is 0 Å². The molecule has 2 aromatic rings. The van der Waals surface area contributed by atoms with E-state index in [1.54, 1.807) is 6.07 Å². The van der Waals surface area contributed by atoms with Crippen LogP contribution in [0.3, 0.4) is 0 Å². The van der Waals surface area contributed by atoms with Crippen molar-refractivity contribution in [2.75, 3.05) is 0 Å². The van der Waals surface area contributed by atoms with Gasteiger partial charge in [-0.15, -0.1) is 0 Å². The quantitative estimate of drug-likeness (QED) is 0.748. The van der Waals surface area contributed by atoms with Crippen molar-refractivity contribution in [3.8, 4) is 11.6 Å². The molecule has 1 aromatic heterocycles. The van der Waals surface area contributed by atoms with Crippen molar-refractivity contribution in [2.45, 2.75) is 19.8 Å². The standard InChI is InChI=1S/C13H11BrClFN2O/c1-2-3-12-17-11(15)7-13(18-12)19-10-5-8(14)4-9(16)6-10/h4-7H,2-3H2,1H3. The monoisotopic (exact) mass is 344 g/mol. The Morgan fingerprint density at radius 3 is 2.74 bits per heavy atom. The van der Waals surface area contributed by atoms with E-state index in [1.165, 1.54) is 18.2 Å². The van der Waals surface area contributed by atoms with Gasteiger partial charge in [-0.25, -0.2) is 9.37 Å². The second-order valence-electron chi connectivity index (χ2n) is 3.90. The van der Waals surface area contributed by atoms with Gasteiger partial charge < -0.3 is 4.74 Å². The Bertz CT molecular complexity index is 575. The Kier molecular flexibility index (Phi) is 4.71. The van der Waals surface area contributed by atoms with Crippen LogP contribution in [0.2, 0.25) is 5.15 Å². The van der Waals surface area contributed by atoms with Crippen molar-refractivity contribution in [3.63, 3.8) is 0 Å². The molecule has 0 saturated carbocycles. The molecule has 0 fully saturated rings. The predicted molar refractivity (Wildman–Crippen MR) is 75.2 cm³/mol.